The normalized spacial score (nSPS) is 11.1. The highest BCUT2D eigenvalue weighted by molar-refractivity contribution is 5.87. The maximum atomic E-state index is 11.6. The van der Waals surface area contributed by atoms with Crippen molar-refractivity contribution in [1.29, 1.82) is 0 Å². The maximum Gasteiger partial charge on any atom is 0.333 e. The molecule has 1 N–H and O–H groups in total. The summed E-state index contributed by atoms with van der Waals surface area (Å²) in [6.07, 6.45) is 8.26. The van der Waals surface area contributed by atoms with Gasteiger partial charge in [-0.15, -0.1) is 0 Å². The minimum atomic E-state index is -0.797. The van der Waals surface area contributed by atoms with Crippen LogP contribution in [-0.2, 0) is 23.9 Å². The molecule has 6 nitrogen and oxygen atoms in total. The lowest BCUT2D eigenvalue weighted by molar-refractivity contribution is -0.152. The Bertz CT molecular complexity index is 481. The standard InChI is InChI=1S/C21H36O6/c1-17(2)20(25)27-21(3,4)15-11-6-5-7-12-16-26-19(24)14-10-8-9-13-18(22)23/h1,5-16H2,2-4H3,(H,22,23). The van der Waals surface area contributed by atoms with E-state index in [-0.39, 0.29) is 18.4 Å². The van der Waals surface area contributed by atoms with Crippen LogP contribution in [0.2, 0.25) is 0 Å². The van der Waals surface area contributed by atoms with E-state index in [1.807, 2.05) is 13.8 Å². The van der Waals surface area contributed by atoms with Crippen LogP contribution in [0.5, 0.6) is 0 Å². The van der Waals surface area contributed by atoms with Gasteiger partial charge >= 0.3 is 17.9 Å². The molecule has 27 heavy (non-hydrogen) atoms. The summed E-state index contributed by atoms with van der Waals surface area (Å²) >= 11 is 0. The van der Waals surface area contributed by atoms with Crippen molar-refractivity contribution in [1.82, 2.24) is 0 Å². The van der Waals surface area contributed by atoms with Crippen LogP contribution in [0.1, 0.15) is 91.4 Å². The molecule has 0 aromatic rings. The van der Waals surface area contributed by atoms with Gasteiger partial charge < -0.3 is 14.6 Å². The molecule has 0 heterocycles. The fraction of sp³-hybridized carbons (Fsp3) is 0.762. The van der Waals surface area contributed by atoms with Crippen LogP contribution >= 0.6 is 0 Å². The highest BCUT2D eigenvalue weighted by Crippen LogP contribution is 2.20. The van der Waals surface area contributed by atoms with Gasteiger partial charge in [-0.1, -0.05) is 32.3 Å². The van der Waals surface area contributed by atoms with Gasteiger partial charge in [-0.25, -0.2) is 4.79 Å². The van der Waals surface area contributed by atoms with Crippen LogP contribution in [0, 0.1) is 0 Å². The van der Waals surface area contributed by atoms with Crippen LogP contribution in [0.4, 0.5) is 0 Å². The van der Waals surface area contributed by atoms with Gasteiger partial charge in [0, 0.05) is 18.4 Å². The van der Waals surface area contributed by atoms with Crippen LogP contribution in [-0.4, -0.2) is 35.2 Å². The molecular formula is C21H36O6. The zero-order valence-corrected chi connectivity index (χ0v) is 17.2. The lowest BCUT2D eigenvalue weighted by atomic mass is 9.99. The molecular weight excluding hydrogens is 348 g/mol. The summed E-state index contributed by atoms with van der Waals surface area (Å²) in [5.74, 6) is -1.34. The minimum absolute atomic E-state index is 0.155. The molecule has 0 spiro atoms. The van der Waals surface area contributed by atoms with E-state index in [0.29, 0.717) is 31.4 Å². The number of carbonyl (C=O) groups excluding carboxylic acids is 2. The molecule has 0 aliphatic heterocycles. The van der Waals surface area contributed by atoms with E-state index in [1.54, 1.807) is 6.92 Å². The summed E-state index contributed by atoms with van der Waals surface area (Å²) in [6.45, 7) is 9.50. The Morgan fingerprint density at radius 2 is 1.44 bits per heavy atom. The molecule has 6 heteroatoms. The van der Waals surface area contributed by atoms with E-state index in [2.05, 4.69) is 6.58 Å². The van der Waals surface area contributed by atoms with Crippen molar-refractivity contribution in [2.24, 2.45) is 0 Å². The summed E-state index contributed by atoms with van der Waals surface area (Å²) in [5.41, 5.74) is -0.0615. The predicted octanol–water partition coefficient (Wildman–Crippen LogP) is 4.80. The molecule has 0 rings (SSSR count). The van der Waals surface area contributed by atoms with Gasteiger partial charge in [0.1, 0.15) is 5.60 Å². The van der Waals surface area contributed by atoms with Crippen molar-refractivity contribution in [3.63, 3.8) is 0 Å². The van der Waals surface area contributed by atoms with Gasteiger partial charge in [0.2, 0.25) is 0 Å². The van der Waals surface area contributed by atoms with Gasteiger partial charge in [0.15, 0.2) is 0 Å². The Hall–Kier alpha value is -1.85. The number of hydrogen-bond donors (Lipinski definition) is 1. The van der Waals surface area contributed by atoms with Gasteiger partial charge in [0.25, 0.3) is 0 Å². The van der Waals surface area contributed by atoms with Gasteiger partial charge in [-0.3, -0.25) is 9.59 Å². The summed E-state index contributed by atoms with van der Waals surface area (Å²) in [5, 5.41) is 8.52. The van der Waals surface area contributed by atoms with Crippen molar-refractivity contribution in [3.05, 3.63) is 12.2 Å². The Morgan fingerprint density at radius 1 is 0.889 bits per heavy atom. The quantitative estimate of drug-likeness (QED) is 0.233. The highest BCUT2D eigenvalue weighted by Gasteiger charge is 2.22. The third kappa shape index (κ3) is 16.1. The van der Waals surface area contributed by atoms with E-state index >= 15 is 0 Å². The average Bonchev–Trinajstić information content (AvgIpc) is 2.56. The van der Waals surface area contributed by atoms with E-state index in [1.165, 1.54) is 0 Å². The molecule has 0 atom stereocenters. The van der Waals surface area contributed by atoms with Crippen molar-refractivity contribution >= 4 is 17.9 Å². The number of esters is 2. The van der Waals surface area contributed by atoms with Crippen LogP contribution < -0.4 is 0 Å². The highest BCUT2D eigenvalue weighted by atomic mass is 16.6. The van der Waals surface area contributed by atoms with Crippen molar-refractivity contribution in [2.45, 2.75) is 97.0 Å². The first-order valence-corrected chi connectivity index (χ1v) is 9.90. The number of carboxylic acids is 1. The Balaban J connectivity index is 3.53. The smallest absolute Gasteiger partial charge is 0.333 e. The Labute approximate surface area is 163 Å². The van der Waals surface area contributed by atoms with Crippen molar-refractivity contribution < 1.29 is 29.0 Å². The van der Waals surface area contributed by atoms with E-state index in [4.69, 9.17) is 14.6 Å². The second-order valence-electron chi connectivity index (χ2n) is 7.62. The van der Waals surface area contributed by atoms with E-state index in [0.717, 1.165) is 44.9 Å². The average molecular weight is 385 g/mol. The van der Waals surface area contributed by atoms with Crippen molar-refractivity contribution in [2.75, 3.05) is 6.61 Å². The molecule has 0 aromatic carbocycles. The fourth-order valence-corrected chi connectivity index (χ4v) is 2.55. The predicted molar refractivity (Wildman–Crippen MR) is 104 cm³/mol. The first-order valence-electron chi connectivity index (χ1n) is 9.90. The van der Waals surface area contributed by atoms with Gasteiger partial charge in [-0.05, 0) is 52.9 Å². The summed E-state index contributed by atoms with van der Waals surface area (Å²) in [7, 11) is 0. The lowest BCUT2D eigenvalue weighted by Crippen LogP contribution is -2.28. The Morgan fingerprint density at radius 3 is 2.07 bits per heavy atom. The SMILES string of the molecule is C=C(C)C(=O)OC(C)(C)CCCCCCCOC(=O)CCCCCC(=O)O. The zero-order valence-electron chi connectivity index (χ0n) is 17.2. The molecule has 0 saturated heterocycles. The van der Waals surface area contributed by atoms with Gasteiger partial charge in [0.05, 0.1) is 6.61 Å². The molecule has 0 amide bonds. The molecule has 0 bridgehead atoms. The number of unbranched alkanes of at least 4 members (excludes halogenated alkanes) is 6. The second-order valence-corrected chi connectivity index (χ2v) is 7.62. The van der Waals surface area contributed by atoms with E-state index in [9.17, 15) is 14.4 Å². The minimum Gasteiger partial charge on any atom is -0.481 e. The molecule has 0 radical (unpaired) electrons. The number of ether oxygens (including phenoxy) is 2. The molecule has 0 saturated carbocycles. The van der Waals surface area contributed by atoms with Crippen LogP contribution in [0.25, 0.3) is 0 Å². The summed E-state index contributed by atoms with van der Waals surface area (Å²) < 4.78 is 10.6. The first kappa shape index (κ1) is 25.1. The second kappa shape index (κ2) is 14.2. The topological polar surface area (TPSA) is 89.9 Å². The number of carbonyl (C=O) groups is 3. The molecule has 0 aromatic heterocycles. The van der Waals surface area contributed by atoms with Gasteiger partial charge in [-0.2, -0.15) is 0 Å². The molecule has 0 fully saturated rings. The third-order valence-electron chi connectivity index (χ3n) is 4.18. The molecule has 0 aliphatic rings. The molecule has 0 aliphatic carbocycles. The lowest BCUT2D eigenvalue weighted by Gasteiger charge is -2.25. The number of hydrogen-bond acceptors (Lipinski definition) is 5. The fourth-order valence-electron chi connectivity index (χ4n) is 2.55. The number of rotatable bonds is 16. The monoisotopic (exact) mass is 384 g/mol. The summed E-state index contributed by atoms with van der Waals surface area (Å²) in [6, 6.07) is 0. The number of carboxylic acid groups (broad SMARTS) is 1. The third-order valence-corrected chi connectivity index (χ3v) is 4.18. The van der Waals surface area contributed by atoms with Crippen molar-refractivity contribution in [3.8, 4) is 0 Å². The van der Waals surface area contributed by atoms with Crippen LogP contribution in [0.15, 0.2) is 12.2 Å². The first-order chi connectivity index (χ1) is 12.6. The molecule has 0 unspecified atom stereocenters. The zero-order chi connectivity index (χ0) is 20.7. The number of aliphatic carboxylic acids is 1. The maximum absolute atomic E-state index is 11.6. The van der Waals surface area contributed by atoms with E-state index < -0.39 is 11.6 Å². The largest absolute Gasteiger partial charge is 0.481 e. The van der Waals surface area contributed by atoms with Crippen LogP contribution in [0.3, 0.4) is 0 Å². The molecule has 156 valence electrons. The summed E-state index contributed by atoms with van der Waals surface area (Å²) in [4.78, 5) is 33.5. The Kier molecular flexibility index (Phi) is 13.3.